The fourth-order valence-electron chi connectivity index (χ4n) is 3.57. The molecule has 0 bridgehead atoms. The van der Waals surface area contributed by atoms with Crippen LogP contribution in [-0.2, 0) is 0 Å². The molecular formula is C34H42N2O4. The van der Waals surface area contributed by atoms with Crippen LogP contribution in [0.3, 0.4) is 0 Å². The fourth-order valence-corrected chi connectivity index (χ4v) is 3.57. The van der Waals surface area contributed by atoms with E-state index >= 15 is 0 Å². The van der Waals surface area contributed by atoms with Crippen LogP contribution in [-0.4, -0.2) is 52.6 Å². The molecule has 4 aromatic rings. The lowest BCUT2D eigenvalue weighted by atomic mass is 10.3. The molecule has 40 heavy (non-hydrogen) atoms. The van der Waals surface area contributed by atoms with E-state index in [0.29, 0.717) is 13.2 Å². The summed E-state index contributed by atoms with van der Waals surface area (Å²) in [6.45, 7) is 6.39. The van der Waals surface area contributed by atoms with Crippen LogP contribution in [0.2, 0.25) is 0 Å². The molecule has 0 amide bonds. The van der Waals surface area contributed by atoms with Crippen molar-refractivity contribution in [2.24, 2.45) is 0 Å². The second-order valence-corrected chi connectivity index (χ2v) is 8.85. The SMILES string of the molecule is c1ccc(OCCCNCCCOc2ccccc2)cc1.c1ccc(OCCNCCOc2ccccc2)cc1. The van der Waals surface area contributed by atoms with E-state index in [1.165, 1.54) is 0 Å². The fraction of sp³-hybridized carbons (Fsp3) is 0.294. The molecule has 0 aliphatic heterocycles. The van der Waals surface area contributed by atoms with Crippen molar-refractivity contribution in [2.75, 3.05) is 52.6 Å². The number of hydrogen-bond acceptors (Lipinski definition) is 6. The summed E-state index contributed by atoms with van der Waals surface area (Å²) in [5.74, 6) is 3.69. The topological polar surface area (TPSA) is 61.0 Å². The van der Waals surface area contributed by atoms with E-state index in [4.69, 9.17) is 18.9 Å². The molecule has 6 heteroatoms. The Kier molecular flexibility index (Phi) is 16.0. The number of ether oxygens (including phenoxy) is 4. The molecule has 6 nitrogen and oxygen atoms in total. The van der Waals surface area contributed by atoms with Gasteiger partial charge in [-0.3, -0.25) is 0 Å². The van der Waals surface area contributed by atoms with Crippen LogP contribution in [0.4, 0.5) is 0 Å². The minimum absolute atomic E-state index is 0.662. The Hall–Kier alpha value is -4.00. The molecule has 0 radical (unpaired) electrons. The molecule has 0 unspecified atom stereocenters. The van der Waals surface area contributed by atoms with Crippen LogP contribution in [0.15, 0.2) is 121 Å². The number of hydrogen-bond donors (Lipinski definition) is 2. The minimum atomic E-state index is 0.662. The summed E-state index contributed by atoms with van der Waals surface area (Å²) < 4.78 is 22.4. The van der Waals surface area contributed by atoms with Crippen molar-refractivity contribution in [3.05, 3.63) is 121 Å². The van der Waals surface area contributed by atoms with Gasteiger partial charge in [-0.25, -0.2) is 0 Å². The summed E-state index contributed by atoms with van der Waals surface area (Å²) in [7, 11) is 0. The summed E-state index contributed by atoms with van der Waals surface area (Å²) in [5, 5.41) is 6.67. The van der Waals surface area contributed by atoms with Gasteiger partial charge in [-0.15, -0.1) is 0 Å². The van der Waals surface area contributed by atoms with Crippen LogP contribution in [0.5, 0.6) is 23.0 Å². The average molecular weight is 543 g/mol. The van der Waals surface area contributed by atoms with Gasteiger partial charge in [-0.1, -0.05) is 72.8 Å². The first-order valence-corrected chi connectivity index (χ1v) is 14.0. The standard InChI is InChI=1S/C18H23NO2.C16H19NO2/c1-3-9-17(10-4-1)20-15-7-13-19-14-8-16-21-18-11-5-2-6-12-18;1-3-7-15(8-4-1)18-13-11-17-12-14-19-16-9-5-2-6-10-16/h1-6,9-12,19H,7-8,13-16H2;1-10,17H,11-14H2. The van der Waals surface area contributed by atoms with Gasteiger partial charge in [0.25, 0.3) is 0 Å². The third-order valence-corrected chi connectivity index (χ3v) is 5.60. The van der Waals surface area contributed by atoms with Crippen LogP contribution < -0.4 is 29.6 Å². The van der Waals surface area contributed by atoms with E-state index in [-0.39, 0.29) is 0 Å². The molecule has 0 fully saturated rings. The zero-order chi connectivity index (χ0) is 27.8. The van der Waals surface area contributed by atoms with E-state index in [2.05, 4.69) is 10.6 Å². The van der Waals surface area contributed by atoms with E-state index < -0.39 is 0 Å². The third-order valence-electron chi connectivity index (χ3n) is 5.60. The maximum Gasteiger partial charge on any atom is 0.119 e. The van der Waals surface area contributed by atoms with Crippen molar-refractivity contribution in [1.29, 1.82) is 0 Å². The van der Waals surface area contributed by atoms with Gasteiger partial charge in [-0.2, -0.15) is 0 Å². The molecular weight excluding hydrogens is 500 g/mol. The first-order valence-electron chi connectivity index (χ1n) is 14.0. The Morgan fingerprint density at radius 1 is 0.325 bits per heavy atom. The summed E-state index contributed by atoms with van der Waals surface area (Å²) >= 11 is 0. The lowest BCUT2D eigenvalue weighted by molar-refractivity contribution is 0.289. The highest BCUT2D eigenvalue weighted by Crippen LogP contribution is 2.10. The Balaban J connectivity index is 0.000000222. The predicted molar refractivity (Wildman–Crippen MR) is 163 cm³/mol. The van der Waals surface area contributed by atoms with E-state index in [0.717, 1.165) is 75.2 Å². The maximum absolute atomic E-state index is 5.63. The monoisotopic (exact) mass is 542 g/mol. The number of rotatable bonds is 18. The molecule has 4 aromatic carbocycles. The molecule has 0 spiro atoms. The van der Waals surface area contributed by atoms with Crippen molar-refractivity contribution >= 4 is 0 Å². The van der Waals surface area contributed by atoms with Gasteiger partial charge < -0.3 is 29.6 Å². The maximum atomic E-state index is 5.63. The lowest BCUT2D eigenvalue weighted by Gasteiger charge is -2.08. The number of nitrogens with one attached hydrogen (secondary N) is 2. The molecule has 2 N–H and O–H groups in total. The van der Waals surface area contributed by atoms with Crippen LogP contribution >= 0.6 is 0 Å². The molecule has 0 aromatic heterocycles. The normalized spacial score (nSPS) is 10.2. The molecule has 4 rings (SSSR count). The zero-order valence-electron chi connectivity index (χ0n) is 23.3. The minimum Gasteiger partial charge on any atom is -0.494 e. The molecule has 0 saturated heterocycles. The second kappa shape index (κ2) is 20.9. The third kappa shape index (κ3) is 14.8. The Labute approximate surface area is 239 Å². The highest BCUT2D eigenvalue weighted by atomic mass is 16.5. The van der Waals surface area contributed by atoms with Crippen LogP contribution in [0.1, 0.15) is 12.8 Å². The van der Waals surface area contributed by atoms with Crippen molar-refractivity contribution in [1.82, 2.24) is 10.6 Å². The van der Waals surface area contributed by atoms with Gasteiger partial charge >= 0.3 is 0 Å². The quantitative estimate of drug-likeness (QED) is 0.145. The van der Waals surface area contributed by atoms with Crippen molar-refractivity contribution in [2.45, 2.75) is 12.8 Å². The smallest absolute Gasteiger partial charge is 0.119 e. The highest BCUT2D eigenvalue weighted by molar-refractivity contribution is 5.22. The van der Waals surface area contributed by atoms with Gasteiger partial charge in [0.15, 0.2) is 0 Å². The van der Waals surface area contributed by atoms with Crippen LogP contribution in [0.25, 0.3) is 0 Å². The molecule has 0 aliphatic rings. The number of benzene rings is 4. The summed E-state index contributed by atoms with van der Waals surface area (Å²) in [4.78, 5) is 0. The average Bonchev–Trinajstić information content (AvgIpc) is 3.02. The predicted octanol–water partition coefficient (Wildman–Crippen LogP) is 6.25. The summed E-state index contributed by atoms with van der Waals surface area (Å²) in [6, 6.07) is 39.5. The largest absolute Gasteiger partial charge is 0.494 e. The van der Waals surface area contributed by atoms with Crippen molar-refractivity contribution < 1.29 is 18.9 Å². The van der Waals surface area contributed by atoms with Gasteiger partial charge in [0.1, 0.15) is 36.2 Å². The van der Waals surface area contributed by atoms with E-state index in [9.17, 15) is 0 Å². The van der Waals surface area contributed by atoms with Crippen molar-refractivity contribution in [3.63, 3.8) is 0 Å². The van der Waals surface area contributed by atoms with Gasteiger partial charge in [0.05, 0.1) is 13.2 Å². The first-order chi connectivity index (χ1) is 19.9. The van der Waals surface area contributed by atoms with Crippen LogP contribution in [0, 0.1) is 0 Å². The van der Waals surface area contributed by atoms with Crippen molar-refractivity contribution in [3.8, 4) is 23.0 Å². The first kappa shape index (κ1) is 30.5. The van der Waals surface area contributed by atoms with Gasteiger partial charge in [-0.05, 0) is 74.5 Å². The Bertz CT molecular complexity index is 1010. The summed E-state index contributed by atoms with van der Waals surface area (Å²) in [6.07, 6.45) is 2.02. The molecule has 0 saturated carbocycles. The Morgan fingerprint density at radius 2 is 0.600 bits per heavy atom. The Morgan fingerprint density at radius 3 is 0.925 bits per heavy atom. The van der Waals surface area contributed by atoms with E-state index in [1.807, 2.05) is 121 Å². The zero-order valence-corrected chi connectivity index (χ0v) is 23.3. The van der Waals surface area contributed by atoms with Gasteiger partial charge in [0.2, 0.25) is 0 Å². The lowest BCUT2D eigenvalue weighted by Crippen LogP contribution is -2.25. The molecule has 212 valence electrons. The number of para-hydroxylation sites is 4. The van der Waals surface area contributed by atoms with Gasteiger partial charge in [0, 0.05) is 13.1 Å². The highest BCUT2D eigenvalue weighted by Gasteiger charge is 1.95. The molecule has 0 aliphatic carbocycles. The molecule has 0 atom stereocenters. The second-order valence-electron chi connectivity index (χ2n) is 8.85. The molecule has 0 heterocycles. The van der Waals surface area contributed by atoms with E-state index in [1.54, 1.807) is 0 Å². The summed E-state index contributed by atoms with van der Waals surface area (Å²) in [5.41, 5.74) is 0.